The molecule has 0 bridgehead atoms. The Morgan fingerprint density at radius 1 is 1.16 bits per heavy atom. The van der Waals surface area contributed by atoms with Crippen molar-refractivity contribution in [1.29, 1.82) is 0 Å². The summed E-state index contributed by atoms with van der Waals surface area (Å²) in [6, 6.07) is 1.90. The summed E-state index contributed by atoms with van der Waals surface area (Å²) in [5.41, 5.74) is 1.55. The van der Waals surface area contributed by atoms with Crippen LogP contribution in [-0.2, 0) is 5.41 Å². The van der Waals surface area contributed by atoms with Gasteiger partial charge in [0.1, 0.15) is 11.0 Å². The average molecular weight is 281 g/mol. The SMILES string of the molecule is CC1(C)CCC(c2nc(Cl)cc(C(C)(C)C)n2)CC1. The molecule has 2 nitrogen and oxygen atoms in total. The second kappa shape index (κ2) is 5.05. The molecule has 0 aromatic carbocycles. The highest BCUT2D eigenvalue weighted by atomic mass is 35.5. The molecular formula is C16H25ClN2. The lowest BCUT2D eigenvalue weighted by Crippen LogP contribution is -2.23. The van der Waals surface area contributed by atoms with Gasteiger partial charge in [0.15, 0.2) is 0 Å². The van der Waals surface area contributed by atoms with Crippen molar-refractivity contribution in [2.45, 2.75) is 71.6 Å². The largest absolute Gasteiger partial charge is 0.237 e. The van der Waals surface area contributed by atoms with Gasteiger partial charge in [-0.15, -0.1) is 0 Å². The van der Waals surface area contributed by atoms with Crippen molar-refractivity contribution in [1.82, 2.24) is 9.97 Å². The van der Waals surface area contributed by atoms with Crippen molar-refractivity contribution < 1.29 is 0 Å². The van der Waals surface area contributed by atoms with Crippen LogP contribution in [-0.4, -0.2) is 9.97 Å². The van der Waals surface area contributed by atoms with Gasteiger partial charge in [-0.3, -0.25) is 0 Å². The molecule has 0 unspecified atom stereocenters. The van der Waals surface area contributed by atoms with Crippen LogP contribution in [0.2, 0.25) is 5.15 Å². The standard InChI is InChI=1S/C16H25ClN2/c1-15(2,3)12-10-13(17)19-14(18-12)11-6-8-16(4,5)9-7-11/h10-11H,6-9H2,1-5H3. The van der Waals surface area contributed by atoms with E-state index in [-0.39, 0.29) is 5.41 Å². The number of nitrogens with zero attached hydrogens (tertiary/aromatic N) is 2. The van der Waals surface area contributed by atoms with Crippen LogP contribution in [0.1, 0.15) is 77.7 Å². The van der Waals surface area contributed by atoms with Gasteiger partial charge in [0.2, 0.25) is 0 Å². The lowest BCUT2D eigenvalue weighted by molar-refractivity contribution is 0.220. The van der Waals surface area contributed by atoms with Crippen molar-refractivity contribution in [2.24, 2.45) is 5.41 Å². The number of hydrogen-bond donors (Lipinski definition) is 0. The fourth-order valence-electron chi connectivity index (χ4n) is 2.66. The maximum atomic E-state index is 6.18. The second-order valence-corrected chi connectivity index (χ2v) is 8.01. The maximum Gasteiger partial charge on any atom is 0.133 e. The number of aromatic nitrogens is 2. The average Bonchev–Trinajstić information content (AvgIpc) is 2.26. The summed E-state index contributed by atoms with van der Waals surface area (Å²) in [5.74, 6) is 1.43. The smallest absolute Gasteiger partial charge is 0.133 e. The Morgan fingerprint density at radius 3 is 2.26 bits per heavy atom. The third-order valence-electron chi connectivity index (χ3n) is 4.18. The van der Waals surface area contributed by atoms with E-state index in [2.05, 4.69) is 39.6 Å². The van der Waals surface area contributed by atoms with Crippen LogP contribution in [0.25, 0.3) is 0 Å². The van der Waals surface area contributed by atoms with Gasteiger partial charge in [-0.25, -0.2) is 9.97 Å². The summed E-state index contributed by atoms with van der Waals surface area (Å²) in [6.45, 7) is 11.2. The summed E-state index contributed by atoms with van der Waals surface area (Å²) >= 11 is 6.18. The summed E-state index contributed by atoms with van der Waals surface area (Å²) < 4.78 is 0. The maximum absolute atomic E-state index is 6.18. The van der Waals surface area contributed by atoms with E-state index >= 15 is 0 Å². The monoisotopic (exact) mass is 280 g/mol. The summed E-state index contributed by atoms with van der Waals surface area (Å²) in [4.78, 5) is 9.25. The second-order valence-electron chi connectivity index (χ2n) is 7.62. The molecule has 1 aliphatic carbocycles. The molecule has 1 saturated carbocycles. The van der Waals surface area contributed by atoms with Gasteiger partial charge in [-0.1, -0.05) is 46.2 Å². The van der Waals surface area contributed by atoms with Crippen molar-refractivity contribution in [3.05, 3.63) is 22.7 Å². The quantitative estimate of drug-likeness (QED) is 0.668. The van der Waals surface area contributed by atoms with Crippen LogP contribution in [0.15, 0.2) is 6.07 Å². The zero-order chi connectivity index (χ0) is 14.3. The van der Waals surface area contributed by atoms with Crippen LogP contribution in [0.4, 0.5) is 0 Å². The van der Waals surface area contributed by atoms with Gasteiger partial charge in [0.05, 0.1) is 5.69 Å². The Balaban J connectivity index is 2.24. The molecule has 1 aliphatic rings. The minimum atomic E-state index is 0.0231. The Morgan fingerprint density at radius 2 is 1.74 bits per heavy atom. The Bertz CT molecular complexity index is 450. The van der Waals surface area contributed by atoms with Gasteiger partial charge in [-0.05, 0) is 37.2 Å². The molecule has 19 heavy (non-hydrogen) atoms. The fraction of sp³-hybridized carbons (Fsp3) is 0.750. The molecule has 0 spiro atoms. The van der Waals surface area contributed by atoms with Gasteiger partial charge in [0.25, 0.3) is 0 Å². The zero-order valence-corrected chi connectivity index (χ0v) is 13.5. The molecule has 0 atom stereocenters. The van der Waals surface area contributed by atoms with E-state index in [0.29, 0.717) is 16.5 Å². The van der Waals surface area contributed by atoms with E-state index in [1.54, 1.807) is 0 Å². The van der Waals surface area contributed by atoms with Crippen molar-refractivity contribution in [2.75, 3.05) is 0 Å². The van der Waals surface area contributed by atoms with E-state index < -0.39 is 0 Å². The van der Waals surface area contributed by atoms with Crippen LogP contribution >= 0.6 is 11.6 Å². The van der Waals surface area contributed by atoms with Crippen LogP contribution in [0.5, 0.6) is 0 Å². The Labute approximate surface area is 122 Å². The highest BCUT2D eigenvalue weighted by molar-refractivity contribution is 6.29. The first-order chi connectivity index (χ1) is 8.67. The third kappa shape index (κ3) is 3.68. The van der Waals surface area contributed by atoms with Gasteiger partial charge in [-0.2, -0.15) is 0 Å². The van der Waals surface area contributed by atoms with Gasteiger partial charge >= 0.3 is 0 Å². The molecule has 2 rings (SSSR count). The van der Waals surface area contributed by atoms with Crippen molar-refractivity contribution >= 4 is 11.6 Å². The Kier molecular flexibility index (Phi) is 3.92. The van der Waals surface area contributed by atoms with Crippen LogP contribution < -0.4 is 0 Å². The number of hydrogen-bond acceptors (Lipinski definition) is 2. The molecule has 1 aromatic heterocycles. The van der Waals surface area contributed by atoms with E-state index in [0.717, 1.165) is 11.5 Å². The third-order valence-corrected chi connectivity index (χ3v) is 4.38. The molecule has 0 aliphatic heterocycles. The van der Waals surface area contributed by atoms with Gasteiger partial charge in [0, 0.05) is 11.3 Å². The molecule has 0 amide bonds. The minimum absolute atomic E-state index is 0.0231. The van der Waals surface area contributed by atoms with E-state index in [1.165, 1.54) is 25.7 Å². The predicted octanol–water partition coefficient (Wildman–Crippen LogP) is 5.11. The minimum Gasteiger partial charge on any atom is -0.237 e. The van der Waals surface area contributed by atoms with Crippen molar-refractivity contribution in [3.8, 4) is 0 Å². The lowest BCUT2D eigenvalue weighted by Gasteiger charge is -2.34. The molecule has 1 heterocycles. The fourth-order valence-corrected chi connectivity index (χ4v) is 2.85. The normalized spacial score (nSPS) is 20.5. The highest BCUT2D eigenvalue weighted by Gasteiger charge is 2.30. The van der Waals surface area contributed by atoms with Crippen molar-refractivity contribution in [3.63, 3.8) is 0 Å². The first kappa shape index (κ1) is 14.8. The predicted molar refractivity (Wildman–Crippen MR) is 80.7 cm³/mol. The molecule has 0 N–H and O–H groups in total. The molecule has 1 aromatic rings. The zero-order valence-electron chi connectivity index (χ0n) is 12.8. The Hall–Kier alpha value is -0.630. The van der Waals surface area contributed by atoms with E-state index in [1.807, 2.05) is 6.07 Å². The summed E-state index contributed by atoms with van der Waals surface area (Å²) in [6.07, 6.45) is 4.85. The van der Waals surface area contributed by atoms with Crippen LogP contribution in [0, 0.1) is 5.41 Å². The first-order valence-corrected chi connectivity index (χ1v) is 7.60. The topological polar surface area (TPSA) is 25.8 Å². The molecule has 1 fully saturated rings. The summed E-state index contributed by atoms with van der Waals surface area (Å²) in [5, 5.41) is 0.583. The lowest BCUT2D eigenvalue weighted by atomic mass is 9.73. The molecular weight excluding hydrogens is 256 g/mol. The van der Waals surface area contributed by atoms with Crippen LogP contribution in [0.3, 0.4) is 0 Å². The molecule has 106 valence electrons. The highest BCUT2D eigenvalue weighted by Crippen LogP contribution is 2.41. The van der Waals surface area contributed by atoms with E-state index in [4.69, 9.17) is 16.6 Å². The van der Waals surface area contributed by atoms with E-state index in [9.17, 15) is 0 Å². The first-order valence-electron chi connectivity index (χ1n) is 7.22. The number of halogens is 1. The van der Waals surface area contributed by atoms with Gasteiger partial charge < -0.3 is 0 Å². The molecule has 0 radical (unpaired) electrons. The number of rotatable bonds is 1. The molecule has 3 heteroatoms. The molecule has 0 saturated heterocycles. The summed E-state index contributed by atoms with van der Waals surface area (Å²) in [7, 11) is 0.